The van der Waals surface area contributed by atoms with Crippen molar-refractivity contribution in [3.05, 3.63) is 35.4 Å². The number of nitrogens with one attached hydrogen (secondary N) is 1. The number of fused-ring (bicyclic) bond motifs is 3. The summed E-state index contributed by atoms with van der Waals surface area (Å²) in [5.74, 6) is 0.273. The van der Waals surface area contributed by atoms with Gasteiger partial charge in [0.15, 0.2) is 0 Å². The second kappa shape index (κ2) is 5.96. The molecule has 0 unspecified atom stereocenters. The average molecular weight is 313 g/mol. The van der Waals surface area contributed by atoms with Crippen molar-refractivity contribution < 1.29 is 9.59 Å². The molecular weight excluding hydrogens is 290 g/mol. The van der Waals surface area contributed by atoms with Crippen molar-refractivity contribution in [3.8, 4) is 0 Å². The number of benzene rings is 1. The van der Waals surface area contributed by atoms with Crippen LogP contribution in [0.4, 0.5) is 0 Å². The SMILES string of the molecule is O=C1C[C@H]2CC[C@@H](CN1)N2C(=O)CN1CCc2ccccc2C1. The van der Waals surface area contributed by atoms with Crippen molar-refractivity contribution in [2.45, 2.75) is 44.3 Å². The van der Waals surface area contributed by atoms with Gasteiger partial charge in [-0.05, 0) is 30.4 Å². The van der Waals surface area contributed by atoms with Gasteiger partial charge in [-0.3, -0.25) is 14.5 Å². The summed E-state index contributed by atoms with van der Waals surface area (Å²) in [4.78, 5) is 28.8. The Morgan fingerprint density at radius 1 is 1.17 bits per heavy atom. The van der Waals surface area contributed by atoms with Gasteiger partial charge in [-0.15, -0.1) is 0 Å². The Kier molecular flexibility index (Phi) is 3.81. The van der Waals surface area contributed by atoms with Gasteiger partial charge in [0, 0.05) is 38.1 Å². The van der Waals surface area contributed by atoms with Crippen LogP contribution < -0.4 is 5.32 Å². The predicted octanol–water partition coefficient (Wildman–Crippen LogP) is 0.924. The lowest BCUT2D eigenvalue weighted by molar-refractivity contribution is -0.135. The number of rotatable bonds is 2. The molecule has 4 rings (SSSR count). The topological polar surface area (TPSA) is 52.7 Å². The van der Waals surface area contributed by atoms with Gasteiger partial charge in [0.05, 0.1) is 6.54 Å². The fourth-order valence-electron chi connectivity index (χ4n) is 4.25. The summed E-state index contributed by atoms with van der Waals surface area (Å²) in [6, 6.07) is 8.78. The van der Waals surface area contributed by atoms with Crippen molar-refractivity contribution in [2.24, 2.45) is 0 Å². The Labute approximate surface area is 136 Å². The molecule has 5 nitrogen and oxygen atoms in total. The molecule has 2 saturated heterocycles. The molecule has 1 aromatic carbocycles. The minimum atomic E-state index is 0.0851. The zero-order valence-corrected chi connectivity index (χ0v) is 13.3. The summed E-state index contributed by atoms with van der Waals surface area (Å²) in [5, 5.41) is 2.93. The first kappa shape index (κ1) is 14.7. The highest BCUT2D eigenvalue weighted by molar-refractivity contribution is 5.82. The smallest absolute Gasteiger partial charge is 0.237 e. The lowest BCUT2D eigenvalue weighted by Gasteiger charge is -2.33. The zero-order valence-electron chi connectivity index (χ0n) is 13.3. The highest BCUT2D eigenvalue weighted by atomic mass is 16.2. The first-order chi connectivity index (χ1) is 11.2. The van der Waals surface area contributed by atoms with Crippen LogP contribution in [0.3, 0.4) is 0 Å². The number of carbonyl (C=O) groups excluding carboxylic acids is 2. The lowest BCUT2D eigenvalue weighted by Crippen LogP contribution is -2.48. The number of hydrogen-bond donors (Lipinski definition) is 1. The Balaban J connectivity index is 1.43. The van der Waals surface area contributed by atoms with Crippen molar-refractivity contribution in [1.29, 1.82) is 0 Å². The molecule has 0 spiro atoms. The van der Waals surface area contributed by atoms with Crippen LogP contribution in [0.2, 0.25) is 0 Å². The molecule has 3 heterocycles. The molecule has 2 atom stereocenters. The fraction of sp³-hybridized carbons (Fsp3) is 0.556. The van der Waals surface area contributed by atoms with Crippen molar-refractivity contribution in [1.82, 2.24) is 15.1 Å². The maximum Gasteiger partial charge on any atom is 0.237 e. The molecule has 122 valence electrons. The maximum absolute atomic E-state index is 12.8. The summed E-state index contributed by atoms with van der Waals surface area (Å²) in [6.07, 6.45) is 3.45. The minimum absolute atomic E-state index is 0.0851. The third-order valence-corrected chi connectivity index (χ3v) is 5.43. The van der Waals surface area contributed by atoms with E-state index in [-0.39, 0.29) is 23.9 Å². The largest absolute Gasteiger partial charge is 0.354 e. The van der Waals surface area contributed by atoms with Crippen LogP contribution in [0.1, 0.15) is 30.4 Å². The van der Waals surface area contributed by atoms with Crippen LogP contribution in [0, 0.1) is 0 Å². The molecule has 0 aromatic heterocycles. The Morgan fingerprint density at radius 3 is 2.83 bits per heavy atom. The summed E-state index contributed by atoms with van der Waals surface area (Å²) in [6.45, 7) is 2.87. The first-order valence-electron chi connectivity index (χ1n) is 8.58. The number of carbonyl (C=O) groups is 2. The van der Waals surface area contributed by atoms with E-state index in [1.807, 2.05) is 4.90 Å². The summed E-state index contributed by atoms with van der Waals surface area (Å²) < 4.78 is 0. The molecular formula is C18H23N3O2. The summed E-state index contributed by atoms with van der Waals surface area (Å²) >= 11 is 0. The van der Waals surface area contributed by atoms with Crippen LogP contribution in [0.15, 0.2) is 24.3 Å². The molecule has 23 heavy (non-hydrogen) atoms. The van der Waals surface area contributed by atoms with Crippen LogP contribution in [0.5, 0.6) is 0 Å². The second-order valence-electron chi connectivity index (χ2n) is 6.92. The van der Waals surface area contributed by atoms with Crippen molar-refractivity contribution >= 4 is 11.8 Å². The molecule has 1 N–H and O–H groups in total. The number of amides is 2. The Morgan fingerprint density at radius 2 is 1.96 bits per heavy atom. The molecule has 2 fully saturated rings. The highest BCUT2D eigenvalue weighted by Crippen LogP contribution is 2.29. The minimum Gasteiger partial charge on any atom is -0.354 e. The van der Waals surface area contributed by atoms with E-state index in [2.05, 4.69) is 34.5 Å². The van der Waals surface area contributed by atoms with Gasteiger partial charge in [0.2, 0.25) is 11.8 Å². The summed E-state index contributed by atoms with van der Waals surface area (Å²) in [5.41, 5.74) is 2.74. The van der Waals surface area contributed by atoms with E-state index in [0.717, 1.165) is 32.4 Å². The molecule has 0 aliphatic carbocycles. The van der Waals surface area contributed by atoms with Crippen LogP contribution in [0.25, 0.3) is 0 Å². The van der Waals surface area contributed by atoms with Gasteiger partial charge >= 0.3 is 0 Å². The van der Waals surface area contributed by atoms with E-state index in [9.17, 15) is 9.59 Å². The predicted molar refractivity (Wildman–Crippen MR) is 86.7 cm³/mol. The van der Waals surface area contributed by atoms with Crippen molar-refractivity contribution in [3.63, 3.8) is 0 Å². The average Bonchev–Trinajstić information content (AvgIpc) is 2.86. The van der Waals surface area contributed by atoms with E-state index >= 15 is 0 Å². The molecule has 1 aromatic rings. The molecule has 2 amide bonds. The molecule has 0 saturated carbocycles. The van der Waals surface area contributed by atoms with Gasteiger partial charge in [0.1, 0.15) is 0 Å². The Hall–Kier alpha value is -1.88. The van der Waals surface area contributed by atoms with Crippen LogP contribution >= 0.6 is 0 Å². The fourth-order valence-corrected chi connectivity index (χ4v) is 4.25. The van der Waals surface area contributed by atoms with Gasteiger partial charge in [-0.2, -0.15) is 0 Å². The molecule has 0 radical (unpaired) electrons. The van der Waals surface area contributed by atoms with E-state index in [1.54, 1.807) is 0 Å². The van der Waals surface area contributed by atoms with Crippen molar-refractivity contribution in [2.75, 3.05) is 19.6 Å². The standard InChI is InChI=1S/C18H23N3O2/c22-17-9-15-5-6-16(10-19-17)21(15)18(23)12-20-8-7-13-3-1-2-4-14(13)11-20/h1-4,15-16H,5-12H2,(H,19,22)/t15-,16+/m1/s1. The van der Waals surface area contributed by atoms with E-state index in [1.165, 1.54) is 11.1 Å². The quantitative estimate of drug-likeness (QED) is 0.883. The highest BCUT2D eigenvalue weighted by Gasteiger charge is 2.40. The number of hydrogen-bond acceptors (Lipinski definition) is 3. The normalized spacial score (nSPS) is 27.3. The lowest BCUT2D eigenvalue weighted by atomic mass is 10.00. The van der Waals surface area contributed by atoms with Gasteiger partial charge in [0.25, 0.3) is 0 Å². The van der Waals surface area contributed by atoms with E-state index in [0.29, 0.717) is 19.5 Å². The Bertz CT molecular complexity index is 630. The first-order valence-corrected chi connectivity index (χ1v) is 8.58. The van der Waals surface area contributed by atoms with Gasteiger partial charge in [-0.25, -0.2) is 0 Å². The van der Waals surface area contributed by atoms with E-state index < -0.39 is 0 Å². The molecule has 5 heteroatoms. The number of nitrogens with zero attached hydrogens (tertiary/aromatic N) is 2. The van der Waals surface area contributed by atoms with Gasteiger partial charge in [-0.1, -0.05) is 24.3 Å². The van der Waals surface area contributed by atoms with Crippen LogP contribution in [-0.2, 0) is 22.6 Å². The molecule has 3 aliphatic rings. The maximum atomic E-state index is 12.8. The third-order valence-electron chi connectivity index (χ3n) is 5.43. The zero-order chi connectivity index (χ0) is 15.8. The third kappa shape index (κ3) is 2.85. The van der Waals surface area contributed by atoms with E-state index in [4.69, 9.17) is 0 Å². The summed E-state index contributed by atoms with van der Waals surface area (Å²) in [7, 11) is 0. The van der Waals surface area contributed by atoms with Gasteiger partial charge < -0.3 is 10.2 Å². The molecule has 3 aliphatic heterocycles. The molecule has 2 bridgehead atoms. The van der Waals surface area contributed by atoms with Crippen LogP contribution in [-0.4, -0.2) is 53.3 Å². The monoisotopic (exact) mass is 313 g/mol. The second-order valence-corrected chi connectivity index (χ2v) is 6.92.